The summed E-state index contributed by atoms with van der Waals surface area (Å²) in [7, 11) is 1.63. The molecule has 4 rings (SSSR count). The van der Waals surface area contributed by atoms with E-state index in [1.165, 1.54) is 0 Å². The number of methoxy groups -OCH3 is 1. The number of nitrogens with one attached hydrogen (secondary N) is 2. The van der Waals surface area contributed by atoms with Crippen LogP contribution in [0.25, 0.3) is 11.2 Å². The fraction of sp³-hybridized carbons (Fsp3) is 0.0526. The number of fused-ring (bicyclic) bond motifs is 1. The molecule has 0 aliphatic heterocycles. The molecule has 26 heavy (non-hydrogen) atoms. The summed E-state index contributed by atoms with van der Waals surface area (Å²) in [6, 6.07) is 17.3. The van der Waals surface area contributed by atoms with Crippen LogP contribution >= 0.6 is 0 Å². The summed E-state index contributed by atoms with van der Waals surface area (Å²) in [5.74, 6) is 1.75. The Morgan fingerprint density at radius 1 is 0.808 bits per heavy atom. The molecular weight excluding hydrogens is 328 g/mol. The van der Waals surface area contributed by atoms with Gasteiger partial charge in [0.1, 0.15) is 5.75 Å². The van der Waals surface area contributed by atoms with Gasteiger partial charge in [-0.2, -0.15) is 9.97 Å². The first kappa shape index (κ1) is 15.8. The maximum Gasteiger partial charge on any atom is 0.231 e. The van der Waals surface area contributed by atoms with Crippen molar-refractivity contribution in [1.82, 2.24) is 19.9 Å². The topological polar surface area (TPSA) is 84.9 Å². The molecule has 128 valence electrons. The predicted octanol–water partition coefficient (Wildman–Crippen LogP) is 3.92. The Hall–Kier alpha value is -3.74. The Morgan fingerprint density at radius 3 is 2.46 bits per heavy atom. The van der Waals surface area contributed by atoms with Gasteiger partial charge >= 0.3 is 0 Å². The second-order valence-electron chi connectivity index (χ2n) is 5.47. The summed E-state index contributed by atoms with van der Waals surface area (Å²) in [6.45, 7) is 0. The van der Waals surface area contributed by atoms with Gasteiger partial charge in [-0.15, -0.1) is 0 Å². The molecule has 0 saturated carbocycles. The molecule has 7 nitrogen and oxygen atoms in total. The van der Waals surface area contributed by atoms with E-state index >= 15 is 0 Å². The van der Waals surface area contributed by atoms with Crippen molar-refractivity contribution < 1.29 is 4.74 Å². The molecule has 0 bridgehead atoms. The van der Waals surface area contributed by atoms with Crippen LogP contribution in [0.3, 0.4) is 0 Å². The molecule has 0 saturated heterocycles. The van der Waals surface area contributed by atoms with Crippen LogP contribution in [0.5, 0.6) is 5.75 Å². The highest BCUT2D eigenvalue weighted by Crippen LogP contribution is 2.25. The van der Waals surface area contributed by atoms with E-state index in [4.69, 9.17) is 4.74 Å². The van der Waals surface area contributed by atoms with Gasteiger partial charge in [0.2, 0.25) is 5.95 Å². The van der Waals surface area contributed by atoms with Gasteiger partial charge in [-0.1, -0.05) is 24.3 Å². The summed E-state index contributed by atoms with van der Waals surface area (Å²) in [6.07, 6.45) is 3.23. The molecule has 2 N–H and O–H groups in total. The van der Waals surface area contributed by atoms with Crippen LogP contribution in [-0.2, 0) is 0 Å². The third kappa shape index (κ3) is 3.36. The predicted molar refractivity (Wildman–Crippen MR) is 101 cm³/mol. The number of anilines is 4. The Morgan fingerprint density at radius 2 is 1.62 bits per heavy atom. The molecule has 4 aromatic rings. The molecule has 0 fully saturated rings. The molecular formula is C19H16N6O. The second kappa shape index (κ2) is 7.02. The zero-order valence-electron chi connectivity index (χ0n) is 14.0. The fourth-order valence-corrected chi connectivity index (χ4v) is 2.49. The van der Waals surface area contributed by atoms with Gasteiger partial charge in [0, 0.05) is 29.8 Å². The summed E-state index contributed by atoms with van der Waals surface area (Å²) >= 11 is 0. The zero-order chi connectivity index (χ0) is 17.8. The van der Waals surface area contributed by atoms with E-state index in [1.807, 2.05) is 54.6 Å². The molecule has 0 radical (unpaired) electrons. The van der Waals surface area contributed by atoms with Crippen molar-refractivity contribution in [3.63, 3.8) is 0 Å². The van der Waals surface area contributed by atoms with Crippen LogP contribution in [0.2, 0.25) is 0 Å². The number of para-hydroxylation sites is 1. The van der Waals surface area contributed by atoms with E-state index in [0.29, 0.717) is 22.9 Å². The fourth-order valence-electron chi connectivity index (χ4n) is 2.49. The summed E-state index contributed by atoms with van der Waals surface area (Å²) in [5, 5.41) is 6.46. The zero-order valence-corrected chi connectivity index (χ0v) is 14.0. The minimum absolute atomic E-state index is 0.421. The highest BCUT2D eigenvalue weighted by molar-refractivity contribution is 5.85. The van der Waals surface area contributed by atoms with Crippen molar-refractivity contribution >= 4 is 34.3 Å². The van der Waals surface area contributed by atoms with Crippen molar-refractivity contribution in [3.8, 4) is 5.75 Å². The quantitative estimate of drug-likeness (QED) is 0.567. The molecule has 0 aliphatic rings. The van der Waals surface area contributed by atoms with Gasteiger partial charge in [0.15, 0.2) is 17.0 Å². The van der Waals surface area contributed by atoms with Gasteiger partial charge in [-0.25, -0.2) is 9.97 Å². The number of nitrogens with zero attached hydrogens (tertiary/aromatic N) is 4. The van der Waals surface area contributed by atoms with E-state index in [0.717, 1.165) is 17.1 Å². The maximum absolute atomic E-state index is 5.25. The molecule has 0 unspecified atom stereocenters. The first-order valence-corrected chi connectivity index (χ1v) is 8.04. The van der Waals surface area contributed by atoms with E-state index in [-0.39, 0.29) is 0 Å². The summed E-state index contributed by atoms with van der Waals surface area (Å²) in [4.78, 5) is 17.7. The SMILES string of the molecule is COc1cccc(Nc2nc(Nc3ccccc3)c3nccnc3n2)c1. The lowest BCUT2D eigenvalue weighted by Crippen LogP contribution is -2.04. The van der Waals surface area contributed by atoms with Crippen molar-refractivity contribution in [2.24, 2.45) is 0 Å². The maximum atomic E-state index is 5.25. The molecule has 2 aromatic carbocycles. The molecule has 0 amide bonds. The minimum atomic E-state index is 0.421. The van der Waals surface area contributed by atoms with Crippen LogP contribution in [-0.4, -0.2) is 27.0 Å². The number of aromatic nitrogens is 4. The lowest BCUT2D eigenvalue weighted by molar-refractivity contribution is 0.415. The molecule has 0 aliphatic carbocycles. The van der Waals surface area contributed by atoms with Gasteiger partial charge in [-0.05, 0) is 24.3 Å². The third-order valence-corrected chi connectivity index (χ3v) is 3.70. The van der Waals surface area contributed by atoms with Gasteiger partial charge in [-0.3, -0.25) is 0 Å². The van der Waals surface area contributed by atoms with Crippen LogP contribution in [0.4, 0.5) is 23.1 Å². The van der Waals surface area contributed by atoms with Crippen LogP contribution in [0.15, 0.2) is 67.0 Å². The summed E-state index contributed by atoms with van der Waals surface area (Å²) < 4.78 is 5.25. The van der Waals surface area contributed by atoms with E-state index in [1.54, 1.807) is 19.5 Å². The van der Waals surface area contributed by atoms with Crippen LogP contribution in [0, 0.1) is 0 Å². The van der Waals surface area contributed by atoms with Gasteiger partial charge in [0.05, 0.1) is 7.11 Å². The monoisotopic (exact) mass is 344 g/mol. The highest BCUT2D eigenvalue weighted by Gasteiger charge is 2.10. The number of benzene rings is 2. The Balaban J connectivity index is 1.73. The van der Waals surface area contributed by atoms with Gasteiger partial charge in [0.25, 0.3) is 0 Å². The molecule has 0 spiro atoms. The van der Waals surface area contributed by atoms with Crippen molar-refractivity contribution in [3.05, 3.63) is 67.0 Å². The largest absolute Gasteiger partial charge is 0.497 e. The number of hydrogen-bond donors (Lipinski definition) is 2. The molecule has 2 heterocycles. The van der Waals surface area contributed by atoms with E-state index < -0.39 is 0 Å². The van der Waals surface area contributed by atoms with Crippen molar-refractivity contribution in [1.29, 1.82) is 0 Å². The number of hydrogen-bond acceptors (Lipinski definition) is 7. The van der Waals surface area contributed by atoms with Crippen molar-refractivity contribution in [2.45, 2.75) is 0 Å². The summed E-state index contributed by atoms with van der Waals surface area (Å²) in [5.41, 5.74) is 2.84. The molecule has 7 heteroatoms. The van der Waals surface area contributed by atoms with E-state index in [2.05, 4.69) is 30.6 Å². The van der Waals surface area contributed by atoms with E-state index in [9.17, 15) is 0 Å². The number of rotatable bonds is 5. The second-order valence-corrected chi connectivity index (χ2v) is 5.47. The average molecular weight is 344 g/mol. The Labute approximate surface area is 150 Å². The van der Waals surface area contributed by atoms with Crippen molar-refractivity contribution in [2.75, 3.05) is 17.7 Å². The molecule has 0 atom stereocenters. The lowest BCUT2D eigenvalue weighted by Gasteiger charge is -2.11. The van der Waals surface area contributed by atoms with Crippen LogP contribution in [0.1, 0.15) is 0 Å². The normalized spacial score (nSPS) is 10.5. The standard InChI is InChI=1S/C19H16N6O/c1-26-15-9-5-8-14(12-15)23-19-24-17-16(20-10-11-21-17)18(25-19)22-13-6-3-2-4-7-13/h2-12H,1H3,(H2,21,22,23,24,25). The smallest absolute Gasteiger partial charge is 0.231 e. The Bertz CT molecular complexity index is 1040. The minimum Gasteiger partial charge on any atom is -0.497 e. The average Bonchev–Trinajstić information content (AvgIpc) is 2.69. The highest BCUT2D eigenvalue weighted by atomic mass is 16.5. The first-order chi connectivity index (χ1) is 12.8. The first-order valence-electron chi connectivity index (χ1n) is 8.04. The molecule has 2 aromatic heterocycles. The third-order valence-electron chi connectivity index (χ3n) is 3.70. The van der Waals surface area contributed by atoms with Gasteiger partial charge < -0.3 is 15.4 Å². The Kier molecular flexibility index (Phi) is 4.26. The van der Waals surface area contributed by atoms with Crippen LogP contribution < -0.4 is 15.4 Å². The number of ether oxygens (including phenoxy) is 1. The lowest BCUT2D eigenvalue weighted by atomic mass is 10.3.